The SMILES string of the molecule is CC.CNCC1=CC(C(F)(F)F)=CC(F)CC1. The highest BCUT2D eigenvalue weighted by Crippen LogP contribution is 2.31. The Labute approximate surface area is 99.6 Å². The zero-order valence-corrected chi connectivity index (χ0v) is 10.4. The third-order valence-corrected chi connectivity index (χ3v) is 2.19. The lowest BCUT2D eigenvalue weighted by molar-refractivity contribution is -0.0887. The molecule has 0 spiro atoms. The van der Waals surface area contributed by atoms with Gasteiger partial charge in [0.15, 0.2) is 0 Å². The van der Waals surface area contributed by atoms with Crippen molar-refractivity contribution in [1.29, 1.82) is 0 Å². The Balaban J connectivity index is 0.00000121. The highest BCUT2D eigenvalue weighted by atomic mass is 19.4. The second kappa shape index (κ2) is 7.48. The molecule has 100 valence electrons. The van der Waals surface area contributed by atoms with Gasteiger partial charge in [-0.1, -0.05) is 19.4 Å². The first kappa shape index (κ1) is 16.2. The van der Waals surface area contributed by atoms with E-state index in [1.54, 1.807) is 7.05 Å². The molecule has 1 aliphatic carbocycles. The van der Waals surface area contributed by atoms with Crippen molar-refractivity contribution >= 4 is 0 Å². The Hall–Kier alpha value is -0.840. The summed E-state index contributed by atoms with van der Waals surface area (Å²) < 4.78 is 50.2. The van der Waals surface area contributed by atoms with Gasteiger partial charge in [-0.2, -0.15) is 13.2 Å². The number of hydrogen-bond donors (Lipinski definition) is 1. The lowest BCUT2D eigenvalue weighted by Gasteiger charge is -2.08. The average molecular weight is 253 g/mol. The molecule has 0 bridgehead atoms. The molecule has 0 heterocycles. The highest BCUT2D eigenvalue weighted by molar-refractivity contribution is 5.31. The van der Waals surface area contributed by atoms with Gasteiger partial charge in [-0.05, 0) is 32.0 Å². The fourth-order valence-corrected chi connectivity index (χ4v) is 1.48. The fraction of sp³-hybridized carbons (Fsp3) is 0.667. The quantitative estimate of drug-likeness (QED) is 0.738. The molecule has 1 nitrogen and oxygen atoms in total. The lowest BCUT2D eigenvalue weighted by atomic mass is 10.1. The molecule has 0 aromatic heterocycles. The summed E-state index contributed by atoms with van der Waals surface area (Å²) in [7, 11) is 1.65. The van der Waals surface area contributed by atoms with E-state index in [2.05, 4.69) is 5.32 Å². The summed E-state index contributed by atoms with van der Waals surface area (Å²) in [4.78, 5) is 0. The van der Waals surface area contributed by atoms with Crippen LogP contribution in [0.15, 0.2) is 23.3 Å². The van der Waals surface area contributed by atoms with Crippen molar-refractivity contribution in [3.05, 3.63) is 23.3 Å². The van der Waals surface area contributed by atoms with Crippen LogP contribution in [0.1, 0.15) is 26.7 Å². The van der Waals surface area contributed by atoms with Crippen molar-refractivity contribution in [2.24, 2.45) is 0 Å². The number of halogens is 4. The van der Waals surface area contributed by atoms with E-state index in [9.17, 15) is 17.6 Å². The molecule has 0 aromatic rings. The summed E-state index contributed by atoms with van der Waals surface area (Å²) in [5.41, 5.74) is -0.293. The molecule has 1 rings (SSSR count). The van der Waals surface area contributed by atoms with Crippen LogP contribution in [0.2, 0.25) is 0 Å². The maximum Gasteiger partial charge on any atom is 0.416 e. The molecule has 0 saturated carbocycles. The molecule has 0 amide bonds. The van der Waals surface area contributed by atoms with E-state index >= 15 is 0 Å². The third kappa shape index (κ3) is 5.86. The van der Waals surface area contributed by atoms with Gasteiger partial charge in [0.1, 0.15) is 6.17 Å². The van der Waals surface area contributed by atoms with Crippen LogP contribution in [-0.2, 0) is 0 Å². The van der Waals surface area contributed by atoms with E-state index in [1.807, 2.05) is 13.8 Å². The minimum atomic E-state index is -4.46. The molecule has 1 unspecified atom stereocenters. The molecular formula is C12H19F4N. The van der Waals surface area contributed by atoms with E-state index in [-0.39, 0.29) is 6.42 Å². The van der Waals surface area contributed by atoms with E-state index in [4.69, 9.17) is 0 Å². The molecule has 0 aliphatic heterocycles. The zero-order valence-electron chi connectivity index (χ0n) is 10.4. The minimum absolute atomic E-state index is 0.118. The normalized spacial score (nSPS) is 20.8. The number of nitrogens with one attached hydrogen (secondary N) is 1. The third-order valence-electron chi connectivity index (χ3n) is 2.19. The molecule has 1 aliphatic rings. The van der Waals surface area contributed by atoms with Crippen molar-refractivity contribution in [3.8, 4) is 0 Å². The Bertz CT molecular complexity index is 279. The first-order valence-corrected chi connectivity index (χ1v) is 5.70. The Morgan fingerprint density at radius 1 is 1.35 bits per heavy atom. The molecule has 1 N–H and O–H groups in total. The molecule has 1 atom stereocenters. The summed E-state index contributed by atoms with van der Waals surface area (Å²) in [5, 5.41) is 2.77. The molecule has 0 radical (unpaired) electrons. The predicted molar refractivity (Wildman–Crippen MR) is 61.6 cm³/mol. The van der Waals surface area contributed by atoms with Gasteiger partial charge in [0, 0.05) is 6.54 Å². The van der Waals surface area contributed by atoms with Crippen molar-refractivity contribution in [2.45, 2.75) is 39.0 Å². The van der Waals surface area contributed by atoms with Crippen LogP contribution < -0.4 is 5.32 Å². The van der Waals surface area contributed by atoms with Crippen LogP contribution >= 0.6 is 0 Å². The maximum absolute atomic E-state index is 13.0. The number of hydrogen-bond acceptors (Lipinski definition) is 1. The topological polar surface area (TPSA) is 12.0 Å². The molecule has 0 fully saturated rings. The van der Waals surface area contributed by atoms with E-state index < -0.39 is 17.9 Å². The van der Waals surface area contributed by atoms with Crippen molar-refractivity contribution in [2.75, 3.05) is 13.6 Å². The van der Waals surface area contributed by atoms with Crippen molar-refractivity contribution in [3.63, 3.8) is 0 Å². The van der Waals surface area contributed by atoms with Gasteiger partial charge in [0.25, 0.3) is 0 Å². The lowest BCUT2D eigenvalue weighted by Crippen LogP contribution is -2.13. The van der Waals surface area contributed by atoms with Gasteiger partial charge < -0.3 is 5.32 Å². The van der Waals surface area contributed by atoms with Crippen molar-refractivity contribution < 1.29 is 17.6 Å². The molecule has 0 saturated heterocycles. The largest absolute Gasteiger partial charge is 0.416 e. The summed E-state index contributed by atoms with van der Waals surface area (Å²) in [6.07, 6.45) is -3.80. The predicted octanol–water partition coefficient (Wildman–Crippen LogP) is 3.78. The highest BCUT2D eigenvalue weighted by Gasteiger charge is 2.33. The summed E-state index contributed by atoms with van der Waals surface area (Å²) in [5.74, 6) is 0. The van der Waals surface area contributed by atoms with Crippen molar-refractivity contribution in [1.82, 2.24) is 5.32 Å². The van der Waals surface area contributed by atoms with Crippen LogP contribution in [-0.4, -0.2) is 25.9 Å². The first-order valence-electron chi connectivity index (χ1n) is 5.70. The summed E-state index contributed by atoms with van der Waals surface area (Å²) in [6, 6.07) is 0. The number of allylic oxidation sites excluding steroid dienone is 3. The van der Waals surface area contributed by atoms with Gasteiger partial charge in [-0.25, -0.2) is 4.39 Å². The number of rotatable bonds is 2. The van der Waals surface area contributed by atoms with Gasteiger partial charge in [-0.3, -0.25) is 0 Å². The van der Waals surface area contributed by atoms with Crippen LogP contribution in [0, 0.1) is 0 Å². The summed E-state index contributed by atoms with van der Waals surface area (Å²) in [6.45, 7) is 4.36. The van der Waals surface area contributed by atoms with E-state index in [0.717, 1.165) is 6.08 Å². The summed E-state index contributed by atoms with van der Waals surface area (Å²) >= 11 is 0. The van der Waals surface area contributed by atoms with Crippen LogP contribution in [0.3, 0.4) is 0 Å². The second-order valence-electron chi connectivity index (χ2n) is 3.51. The fourth-order valence-electron chi connectivity index (χ4n) is 1.48. The van der Waals surface area contributed by atoms with Gasteiger partial charge in [0.2, 0.25) is 0 Å². The Morgan fingerprint density at radius 3 is 2.41 bits per heavy atom. The number of alkyl halides is 4. The average Bonchev–Trinajstić information content (AvgIpc) is 2.44. The molecule has 5 heteroatoms. The van der Waals surface area contributed by atoms with Crippen LogP contribution in [0.5, 0.6) is 0 Å². The van der Waals surface area contributed by atoms with E-state index in [0.29, 0.717) is 24.6 Å². The molecular weight excluding hydrogens is 234 g/mol. The maximum atomic E-state index is 13.0. The number of likely N-dealkylation sites (N-methyl/N-ethyl adjacent to an activating group) is 1. The van der Waals surface area contributed by atoms with E-state index in [1.165, 1.54) is 0 Å². The van der Waals surface area contributed by atoms with Gasteiger partial charge >= 0.3 is 6.18 Å². The first-order chi connectivity index (χ1) is 7.93. The van der Waals surface area contributed by atoms with Gasteiger partial charge in [0.05, 0.1) is 5.57 Å². The van der Waals surface area contributed by atoms with Crippen LogP contribution in [0.25, 0.3) is 0 Å². The second-order valence-corrected chi connectivity index (χ2v) is 3.51. The monoisotopic (exact) mass is 253 g/mol. The molecule has 0 aromatic carbocycles. The van der Waals surface area contributed by atoms with Crippen LogP contribution in [0.4, 0.5) is 17.6 Å². The van der Waals surface area contributed by atoms with Gasteiger partial charge in [-0.15, -0.1) is 0 Å². The standard InChI is InChI=1S/C10H13F4N.C2H6/c1-15-6-7-2-3-9(11)5-8(4-7)10(12,13)14;1-2/h4-5,9,15H,2-3,6H2,1H3;1-2H3. The molecule has 17 heavy (non-hydrogen) atoms. The Morgan fingerprint density at radius 2 is 1.94 bits per heavy atom. The zero-order chi connectivity index (χ0) is 13.5. The Kier molecular flexibility index (Phi) is 7.11. The smallest absolute Gasteiger partial charge is 0.316 e. The minimum Gasteiger partial charge on any atom is -0.316 e.